The van der Waals surface area contributed by atoms with Gasteiger partial charge in [-0.2, -0.15) is 0 Å². The number of ether oxygens (including phenoxy) is 1. The maximum Gasteiger partial charge on any atom is 0.111 e. The average molecular weight is 293 g/mol. The highest BCUT2D eigenvalue weighted by Crippen LogP contribution is 2.35. The lowest BCUT2D eigenvalue weighted by Crippen LogP contribution is -2.38. The first kappa shape index (κ1) is 13.9. The lowest BCUT2D eigenvalue weighted by Gasteiger charge is -2.37. The number of aryl methyl sites for hydroxylation is 2. The molecule has 0 N–H and O–H groups in total. The number of hydrogen-bond acceptors (Lipinski definition) is 2. The van der Waals surface area contributed by atoms with Gasteiger partial charge in [-0.25, -0.2) is 4.98 Å². The first-order chi connectivity index (χ1) is 9.65. The van der Waals surface area contributed by atoms with Gasteiger partial charge in [0.25, 0.3) is 0 Å². The molecule has 0 amide bonds. The van der Waals surface area contributed by atoms with E-state index in [4.69, 9.17) is 21.3 Å². The number of imidazole rings is 1. The zero-order valence-electron chi connectivity index (χ0n) is 12.2. The van der Waals surface area contributed by atoms with Crippen molar-refractivity contribution in [2.45, 2.75) is 38.6 Å². The van der Waals surface area contributed by atoms with Gasteiger partial charge in [0.1, 0.15) is 5.82 Å². The molecule has 0 aliphatic carbocycles. The Morgan fingerprint density at radius 1 is 1.35 bits per heavy atom. The third kappa shape index (κ3) is 2.23. The molecule has 2 aromatic rings. The monoisotopic (exact) mass is 292 g/mol. The van der Waals surface area contributed by atoms with Crippen molar-refractivity contribution in [1.82, 2.24) is 9.55 Å². The Bertz CT molecular complexity index is 614. The number of benzene rings is 1. The molecule has 0 unspecified atom stereocenters. The molecule has 1 aliphatic rings. The second-order valence-corrected chi connectivity index (χ2v) is 6.23. The molecule has 4 heteroatoms. The van der Waals surface area contributed by atoms with Gasteiger partial charge in [0.15, 0.2) is 0 Å². The first-order valence-electron chi connectivity index (χ1n) is 7.27. The minimum Gasteiger partial charge on any atom is -0.381 e. The summed E-state index contributed by atoms with van der Waals surface area (Å²) < 4.78 is 7.98. The Hall–Kier alpha value is -1.06. The number of nitrogens with zero attached hydrogens (tertiary/aromatic N) is 2. The summed E-state index contributed by atoms with van der Waals surface area (Å²) in [5.74, 6) is 1.71. The van der Waals surface area contributed by atoms with E-state index in [0.717, 1.165) is 43.8 Å². The average Bonchev–Trinajstić information content (AvgIpc) is 2.80. The van der Waals surface area contributed by atoms with E-state index in [2.05, 4.69) is 36.6 Å². The van der Waals surface area contributed by atoms with Crippen LogP contribution in [0.5, 0.6) is 0 Å². The number of halogens is 1. The van der Waals surface area contributed by atoms with Crippen molar-refractivity contribution < 1.29 is 4.74 Å². The van der Waals surface area contributed by atoms with Crippen molar-refractivity contribution in [3.05, 3.63) is 29.6 Å². The summed E-state index contributed by atoms with van der Waals surface area (Å²) in [5.41, 5.74) is 3.71. The molecular weight excluding hydrogens is 272 g/mol. The van der Waals surface area contributed by atoms with E-state index in [-0.39, 0.29) is 5.54 Å². The molecule has 1 aliphatic heterocycles. The highest BCUT2D eigenvalue weighted by atomic mass is 35.5. The van der Waals surface area contributed by atoms with Crippen molar-refractivity contribution in [1.29, 1.82) is 0 Å². The SMILES string of the molecule is Cc1cccc2nc(CCCl)n(C3(C)CCOCC3)c12. The van der Waals surface area contributed by atoms with E-state index in [9.17, 15) is 0 Å². The van der Waals surface area contributed by atoms with Crippen LogP contribution < -0.4 is 0 Å². The predicted molar refractivity (Wildman–Crippen MR) is 82.6 cm³/mol. The zero-order valence-corrected chi connectivity index (χ0v) is 12.9. The topological polar surface area (TPSA) is 27.1 Å². The lowest BCUT2D eigenvalue weighted by molar-refractivity contribution is 0.0301. The fourth-order valence-corrected chi connectivity index (χ4v) is 3.38. The van der Waals surface area contributed by atoms with Crippen molar-refractivity contribution in [3.8, 4) is 0 Å². The van der Waals surface area contributed by atoms with E-state index < -0.39 is 0 Å². The van der Waals surface area contributed by atoms with Gasteiger partial charge >= 0.3 is 0 Å². The molecule has 1 fully saturated rings. The van der Waals surface area contributed by atoms with Gasteiger partial charge in [0.05, 0.1) is 11.0 Å². The molecule has 0 radical (unpaired) electrons. The molecular formula is C16H21ClN2O. The summed E-state index contributed by atoms with van der Waals surface area (Å²) in [6, 6.07) is 6.33. The predicted octanol–water partition coefficient (Wildman–Crippen LogP) is 3.65. The summed E-state index contributed by atoms with van der Waals surface area (Å²) >= 11 is 5.98. The Labute approximate surface area is 124 Å². The van der Waals surface area contributed by atoms with Crippen LogP contribution in [0.4, 0.5) is 0 Å². The molecule has 1 aromatic carbocycles. The molecule has 2 heterocycles. The van der Waals surface area contributed by atoms with Crippen LogP contribution in [0.1, 0.15) is 31.2 Å². The molecule has 1 saturated heterocycles. The maximum absolute atomic E-state index is 5.98. The molecule has 0 atom stereocenters. The van der Waals surface area contributed by atoms with E-state index in [1.54, 1.807) is 0 Å². The lowest BCUT2D eigenvalue weighted by atomic mass is 9.91. The van der Waals surface area contributed by atoms with Crippen LogP contribution in [0.15, 0.2) is 18.2 Å². The number of para-hydroxylation sites is 1. The third-order valence-electron chi connectivity index (χ3n) is 4.38. The molecule has 20 heavy (non-hydrogen) atoms. The molecule has 3 rings (SSSR count). The normalized spacial score (nSPS) is 18.6. The minimum absolute atomic E-state index is 0.0838. The molecule has 0 bridgehead atoms. The number of alkyl halides is 1. The van der Waals surface area contributed by atoms with Crippen LogP contribution in [-0.4, -0.2) is 28.6 Å². The minimum atomic E-state index is 0.0838. The summed E-state index contributed by atoms with van der Waals surface area (Å²) in [6.45, 7) is 6.12. The molecule has 3 nitrogen and oxygen atoms in total. The van der Waals surface area contributed by atoms with Gasteiger partial charge in [-0.15, -0.1) is 11.6 Å². The van der Waals surface area contributed by atoms with Crippen LogP contribution in [0.2, 0.25) is 0 Å². The van der Waals surface area contributed by atoms with Crippen LogP contribution in [0, 0.1) is 6.92 Å². The van der Waals surface area contributed by atoms with Crippen molar-refractivity contribution in [2.75, 3.05) is 19.1 Å². The fraction of sp³-hybridized carbons (Fsp3) is 0.562. The second-order valence-electron chi connectivity index (χ2n) is 5.85. The van der Waals surface area contributed by atoms with Crippen molar-refractivity contribution in [3.63, 3.8) is 0 Å². The highest BCUT2D eigenvalue weighted by molar-refractivity contribution is 6.17. The van der Waals surface area contributed by atoms with Crippen LogP contribution in [0.3, 0.4) is 0 Å². The van der Waals surface area contributed by atoms with E-state index in [1.165, 1.54) is 11.1 Å². The maximum atomic E-state index is 5.98. The van der Waals surface area contributed by atoms with Gasteiger partial charge in [0.2, 0.25) is 0 Å². The largest absolute Gasteiger partial charge is 0.381 e. The standard InChI is InChI=1S/C16H21ClN2O/c1-12-4-3-5-13-15(12)19(14(18-13)6-9-17)16(2)7-10-20-11-8-16/h3-5H,6-11H2,1-2H3. The van der Waals surface area contributed by atoms with Crippen molar-refractivity contribution >= 4 is 22.6 Å². The van der Waals surface area contributed by atoms with E-state index in [1.807, 2.05) is 0 Å². The Morgan fingerprint density at radius 3 is 2.80 bits per heavy atom. The number of aromatic nitrogens is 2. The van der Waals surface area contributed by atoms with E-state index >= 15 is 0 Å². The molecule has 1 aromatic heterocycles. The van der Waals surface area contributed by atoms with E-state index in [0.29, 0.717) is 5.88 Å². The summed E-state index contributed by atoms with van der Waals surface area (Å²) in [6.07, 6.45) is 2.87. The number of fused-ring (bicyclic) bond motifs is 1. The van der Waals surface area contributed by atoms with Gasteiger partial charge in [-0.05, 0) is 38.3 Å². The van der Waals surface area contributed by atoms with Crippen LogP contribution in [-0.2, 0) is 16.7 Å². The van der Waals surface area contributed by atoms with Crippen LogP contribution in [0.25, 0.3) is 11.0 Å². The van der Waals surface area contributed by atoms with Gasteiger partial charge in [-0.1, -0.05) is 12.1 Å². The zero-order chi connectivity index (χ0) is 14.2. The second kappa shape index (κ2) is 5.38. The Balaban J connectivity index is 2.22. The summed E-state index contributed by atoms with van der Waals surface area (Å²) in [7, 11) is 0. The molecule has 0 saturated carbocycles. The first-order valence-corrected chi connectivity index (χ1v) is 7.80. The highest BCUT2D eigenvalue weighted by Gasteiger charge is 2.33. The Kier molecular flexibility index (Phi) is 3.74. The van der Waals surface area contributed by atoms with Gasteiger partial charge in [0, 0.05) is 31.1 Å². The fourth-order valence-electron chi connectivity index (χ4n) is 3.21. The quantitative estimate of drug-likeness (QED) is 0.808. The van der Waals surface area contributed by atoms with Crippen LogP contribution >= 0.6 is 11.6 Å². The van der Waals surface area contributed by atoms with Gasteiger partial charge < -0.3 is 9.30 Å². The summed E-state index contributed by atoms with van der Waals surface area (Å²) in [4.78, 5) is 4.82. The number of rotatable bonds is 3. The third-order valence-corrected chi connectivity index (χ3v) is 4.56. The van der Waals surface area contributed by atoms with Gasteiger partial charge in [-0.3, -0.25) is 0 Å². The number of hydrogen-bond donors (Lipinski definition) is 0. The smallest absolute Gasteiger partial charge is 0.111 e. The summed E-state index contributed by atoms with van der Waals surface area (Å²) in [5, 5.41) is 0. The molecule has 0 spiro atoms. The molecule has 108 valence electrons. The Morgan fingerprint density at radius 2 is 2.10 bits per heavy atom. The van der Waals surface area contributed by atoms with Crippen molar-refractivity contribution in [2.24, 2.45) is 0 Å².